The van der Waals surface area contributed by atoms with E-state index in [1.54, 1.807) is 6.92 Å². The molecule has 4 nitrogen and oxygen atoms in total. The molecule has 18 heavy (non-hydrogen) atoms. The number of amides is 1. The number of hydrogen-bond acceptors (Lipinski definition) is 3. The first-order chi connectivity index (χ1) is 8.65. The molecule has 0 aliphatic carbocycles. The number of para-hydroxylation sites is 1. The van der Waals surface area contributed by atoms with E-state index in [0.29, 0.717) is 12.3 Å². The Balaban J connectivity index is 2.38. The Morgan fingerprint density at radius 3 is 2.78 bits per heavy atom. The molecule has 0 radical (unpaired) electrons. The van der Waals surface area contributed by atoms with Gasteiger partial charge >= 0.3 is 0 Å². The SMILES string of the molecule is CCNCCNC(=O)C(C)Oc1ccccc1Br. The summed E-state index contributed by atoms with van der Waals surface area (Å²) in [6.45, 7) is 6.04. The molecule has 0 fully saturated rings. The highest BCUT2D eigenvalue weighted by Gasteiger charge is 2.14. The van der Waals surface area contributed by atoms with E-state index in [9.17, 15) is 4.79 Å². The summed E-state index contributed by atoms with van der Waals surface area (Å²) in [5, 5.41) is 5.95. The lowest BCUT2D eigenvalue weighted by Gasteiger charge is -2.15. The minimum absolute atomic E-state index is 0.108. The Bertz CT molecular complexity index is 385. The predicted octanol–water partition coefficient (Wildman–Crippen LogP) is 1.94. The van der Waals surface area contributed by atoms with Crippen LogP contribution in [-0.4, -0.2) is 31.6 Å². The number of halogens is 1. The number of hydrogen-bond donors (Lipinski definition) is 2. The van der Waals surface area contributed by atoms with Crippen molar-refractivity contribution in [1.29, 1.82) is 0 Å². The lowest BCUT2D eigenvalue weighted by atomic mass is 10.3. The van der Waals surface area contributed by atoms with Gasteiger partial charge in [-0.1, -0.05) is 19.1 Å². The van der Waals surface area contributed by atoms with Crippen LogP contribution in [-0.2, 0) is 4.79 Å². The number of benzene rings is 1. The zero-order chi connectivity index (χ0) is 13.4. The van der Waals surface area contributed by atoms with Crippen molar-refractivity contribution in [3.63, 3.8) is 0 Å². The highest BCUT2D eigenvalue weighted by atomic mass is 79.9. The van der Waals surface area contributed by atoms with Gasteiger partial charge in [-0.05, 0) is 41.5 Å². The molecular formula is C13H19BrN2O2. The van der Waals surface area contributed by atoms with Crippen LogP contribution in [0.25, 0.3) is 0 Å². The first kappa shape index (κ1) is 15.0. The lowest BCUT2D eigenvalue weighted by Crippen LogP contribution is -2.39. The van der Waals surface area contributed by atoms with Crippen LogP contribution < -0.4 is 15.4 Å². The van der Waals surface area contributed by atoms with Gasteiger partial charge in [-0.3, -0.25) is 4.79 Å². The number of nitrogens with one attached hydrogen (secondary N) is 2. The molecule has 0 aromatic heterocycles. The Morgan fingerprint density at radius 1 is 1.39 bits per heavy atom. The van der Waals surface area contributed by atoms with Crippen LogP contribution in [0, 0.1) is 0 Å². The molecule has 1 rings (SSSR count). The normalized spacial score (nSPS) is 11.9. The average Bonchev–Trinajstić information content (AvgIpc) is 2.37. The molecule has 0 saturated heterocycles. The van der Waals surface area contributed by atoms with Crippen molar-refractivity contribution in [2.24, 2.45) is 0 Å². The van der Waals surface area contributed by atoms with Gasteiger partial charge in [0.05, 0.1) is 4.47 Å². The van der Waals surface area contributed by atoms with E-state index in [-0.39, 0.29) is 5.91 Å². The summed E-state index contributed by atoms with van der Waals surface area (Å²) < 4.78 is 6.43. The lowest BCUT2D eigenvalue weighted by molar-refractivity contribution is -0.127. The van der Waals surface area contributed by atoms with Gasteiger partial charge in [-0.25, -0.2) is 0 Å². The maximum atomic E-state index is 11.7. The molecule has 1 unspecified atom stereocenters. The molecule has 0 heterocycles. The Morgan fingerprint density at radius 2 is 2.11 bits per heavy atom. The molecule has 1 amide bonds. The van der Waals surface area contributed by atoms with Crippen molar-refractivity contribution >= 4 is 21.8 Å². The molecule has 1 aromatic rings. The molecule has 0 saturated carbocycles. The minimum atomic E-state index is -0.509. The van der Waals surface area contributed by atoms with Crippen LogP contribution in [0.3, 0.4) is 0 Å². The van der Waals surface area contributed by atoms with Gasteiger partial charge in [-0.15, -0.1) is 0 Å². The molecule has 1 aromatic carbocycles. The molecule has 100 valence electrons. The summed E-state index contributed by atoms with van der Waals surface area (Å²) in [7, 11) is 0. The Hall–Kier alpha value is -1.07. The summed E-state index contributed by atoms with van der Waals surface area (Å²) in [5.41, 5.74) is 0. The molecule has 1 atom stereocenters. The van der Waals surface area contributed by atoms with Crippen LogP contribution in [0.15, 0.2) is 28.7 Å². The highest BCUT2D eigenvalue weighted by Crippen LogP contribution is 2.24. The van der Waals surface area contributed by atoms with Crippen LogP contribution in [0.1, 0.15) is 13.8 Å². The quantitative estimate of drug-likeness (QED) is 0.756. The van der Waals surface area contributed by atoms with Gasteiger partial charge in [0, 0.05) is 13.1 Å². The van der Waals surface area contributed by atoms with E-state index >= 15 is 0 Å². The van der Waals surface area contributed by atoms with Gasteiger partial charge < -0.3 is 15.4 Å². The second-order valence-corrected chi connectivity index (χ2v) is 4.69. The second-order valence-electron chi connectivity index (χ2n) is 3.84. The standard InChI is InChI=1S/C13H19BrN2O2/c1-3-15-8-9-16-13(17)10(2)18-12-7-5-4-6-11(12)14/h4-7,10,15H,3,8-9H2,1-2H3,(H,16,17). The molecule has 0 spiro atoms. The monoisotopic (exact) mass is 314 g/mol. The number of rotatable bonds is 7. The van der Waals surface area contributed by atoms with Crippen molar-refractivity contribution in [1.82, 2.24) is 10.6 Å². The summed E-state index contributed by atoms with van der Waals surface area (Å²) >= 11 is 3.38. The third kappa shape index (κ3) is 5.06. The van der Waals surface area contributed by atoms with E-state index in [2.05, 4.69) is 26.6 Å². The fourth-order valence-corrected chi connectivity index (χ4v) is 1.76. The molecule has 0 aliphatic heterocycles. The number of ether oxygens (including phenoxy) is 1. The van der Waals surface area contributed by atoms with E-state index in [1.807, 2.05) is 31.2 Å². The predicted molar refractivity (Wildman–Crippen MR) is 75.8 cm³/mol. The van der Waals surface area contributed by atoms with Crippen LogP contribution in [0.5, 0.6) is 5.75 Å². The summed E-state index contributed by atoms with van der Waals surface area (Å²) in [5.74, 6) is 0.565. The van der Waals surface area contributed by atoms with Gasteiger partial charge in [0.15, 0.2) is 6.10 Å². The molecule has 0 aliphatic rings. The molecule has 2 N–H and O–H groups in total. The van der Waals surface area contributed by atoms with Gasteiger partial charge in [0.2, 0.25) is 0 Å². The van der Waals surface area contributed by atoms with Crippen LogP contribution in [0.4, 0.5) is 0 Å². The highest BCUT2D eigenvalue weighted by molar-refractivity contribution is 9.10. The summed E-state index contributed by atoms with van der Waals surface area (Å²) in [6.07, 6.45) is -0.509. The third-order valence-corrected chi connectivity index (χ3v) is 3.02. The number of carbonyl (C=O) groups excluding carboxylic acids is 1. The first-order valence-corrected chi connectivity index (χ1v) is 6.84. The first-order valence-electron chi connectivity index (χ1n) is 6.04. The second kappa shape index (κ2) is 8.11. The van der Waals surface area contributed by atoms with Crippen LogP contribution >= 0.6 is 15.9 Å². The maximum absolute atomic E-state index is 11.7. The smallest absolute Gasteiger partial charge is 0.260 e. The molecular weight excluding hydrogens is 296 g/mol. The summed E-state index contributed by atoms with van der Waals surface area (Å²) in [4.78, 5) is 11.7. The van der Waals surface area contributed by atoms with E-state index in [1.165, 1.54) is 0 Å². The van der Waals surface area contributed by atoms with Crippen molar-refractivity contribution in [3.05, 3.63) is 28.7 Å². The average molecular weight is 315 g/mol. The van der Waals surface area contributed by atoms with Gasteiger partial charge in [0.1, 0.15) is 5.75 Å². The number of carbonyl (C=O) groups is 1. The zero-order valence-corrected chi connectivity index (χ0v) is 12.3. The number of likely N-dealkylation sites (N-methyl/N-ethyl adjacent to an activating group) is 1. The third-order valence-electron chi connectivity index (χ3n) is 2.36. The Kier molecular flexibility index (Phi) is 6.75. The van der Waals surface area contributed by atoms with Crippen LogP contribution in [0.2, 0.25) is 0 Å². The van der Waals surface area contributed by atoms with E-state index < -0.39 is 6.10 Å². The van der Waals surface area contributed by atoms with E-state index in [4.69, 9.17) is 4.74 Å². The Labute approximate surface area is 116 Å². The fraction of sp³-hybridized carbons (Fsp3) is 0.462. The van der Waals surface area contributed by atoms with Crippen molar-refractivity contribution in [2.45, 2.75) is 20.0 Å². The largest absolute Gasteiger partial charge is 0.480 e. The zero-order valence-electron chi connectivity index (χ0n) is 10.7. The summed E-state index contributed by atoms with van der Waals surface area (Å²) in [6, 6.07) is 7.48. The van der Waals surface area contributed by atoms with Crippen molar-refractivity contribution < 1.29 is 9.53 Å². The van der Waals surface area contributed by atoms with Crippen molar-refractivity contribution in [3.8, 4) is 5.75 Å². The molecule has 0 bridgehead atoms. The van der Waals surface area contributed by atoms with E-state index in [0.717, 1.165) is 17.6 Å². The van der Waals surface area contributed by atoms with Gasteiger partial charge in [0.25, 0.3) is 5.91 Å². The minimum Gasteiger partial charge on any atom is -0.480 e. The maximum Gasteiger partial charge on any atom is 0.260 e. The van der Waals surface area contributed by atoms with Crippen molar-refractivity contribution in [2.75, 3.05) is 19.6 Å². The molecule has 5 heteroatoms. The fourth-order valence-electron chi connectivity index (χ4n) is 1.38. The topological polar surface area (TPSA) is 50.4 Å². The van der Waals surface area contributed by atoms with Gasteiger partial charge in [-0.2, -0.15) is 0 Å².